The second kappa shape index (κ2) is 5.06. The minimum absolute atomic E-state index is 0.670. The molecule has 16 heavy (non-hydrogen) atoms. The lowest BCUT2D eigenvalue weighted by atomic mass is 10.2. The zero-order valence-corrected chi connectivity index (χ0v) is 11.9. The molecule has 0 radical (unpaired) electrons. The molecule has 0 aliphatic heterocycles. The Morgan fingerprint density at radius 3 is 2.62 bits per heavy atom. The summed E-state index contributed by atoms with van der Waals surface area (Å²) in [6, 6.07) is 8.08. The van der Waals surface area contributed by atoms with Gasteiger partial charge in [-0.05, 0) is 46.6 Å². The maximum atomic E-state index is 5.32. The highest BCUT2D eigenvalue weighted by molar-refractivity contribution is 9.10. The largest absolute Gasteiger partial charge is 0.466 e. The Bertz CT molecular complexity index is 494. The zero-order valence-electron chi connectivity index (χ0n) is 8.76. The molecule has 0 saturated heterocycles. The van der Waals surface area contributed by atoms with Gasteiger partial charge in [0.05, 0.1) is 17.3 Å². The van der Waals surface area contributed by atoms with Gasteiger partial charge in [0.2, 0.25) is 0 Å². The molecule has 0 atom stereocenters. The molecule has 0 aliphatic rings. The number of hydrogen-bond acceptors (Lipinski definition) is 2. The highest BCUT2D eigenvalue weighted by Crippen LogP contribution is 2.22. The fourth-order valence-corrected chi connectivity index (χ4v) is 2.06. The molecule has 2 nitrogen and oxygen atoms in total. The van der Waals surface area contributed by atoms with Gasteiger partial charge in [0.15, 0.2) is 0 Å². The van der Waals surface area contributed by atoms with Crippen LogP contribution >= 0.6 is 31.9 Å². The Kier molecular flexibility index (Phi) is 3.71. The molecule has 0 fully saturated rings. The van der Waals surface area contributed by atoms with Gasteiger partial charge >= 0.3 is 0 Å². The number of nitrogens with one attached hydrogen (secondary N) is 1. The summed E-state index contributed by atoms with van der Waals surface area (Å²) < 4.78 is 7.42. The summed E-state index contributed by atoms with van der Waals surface area (Å²) in [6.07, 6.45) is 1.67. The summed E-state index contributed by atoms with van der Waals surface area (Å²) in [7, 11) is 0. The lowest BCUT2D eigenvalue weighted by Crippen LogP contribution is -1.98. The molecular formula is C12H11Br2NO. The highest BCUT2D eigenvalue weighted by Gasteiger charge is 2.03. The summed E-state index contributed by atoms with van der Waals surface area (Å²) in [5.74, 6) is 0.900. The summed E-state index contributed by atoms with van der Waals surface area (Å²) in [6.45, 7) is 2.74. The van der Waals surface area contributed by atoms with E-state index in [9.17, 15) is 0 Å². The van der Waals surface area contributed by atoms with Crippen molar-refractivity contribution in [1.29, 1.82) is 0 Å². The average Bonchev–Trinajstić information content (AvgIpc) is 2.66. The van der Waals surface area contributed by atoms with E-state index in [0.29, 0.717) is 6.54 Å². The van der Waals surface area contributed by atoms with Crippen LogP contribution in [-0.2, 0) is 6.54 Å². The van der Waals surface area contributed by atoms with Crippen molar-refractivity contribution in [2.75, 3.05) is 5.32 Å². The highest BCUT2D eigenvalue weighted by atomic mass is 79.9. The van der Waals surface area contributed by atoms with E-state index in [1.165, 1.54) is 5.56 Å². The van der Waals surface area contributed by atoms with E-state index in [-0.39, 0.29) is 0 Å². The molecule has 1 N–H and O–H groups in total. The second-order valence-corrected chi connectivity index (χ2v) is 5.22. The van der Waals surface area contributed by atoms with E-state index >= 15 is 0 Å². The first-order valence-corrected chi connectivity index (χ1v) is 6.47. The standard InChI is InChI=1S/C12H11Br2NO/c1-8-2-3-9(6-11(8)14)15-7-12-10(13)4-5-16-12/h2-6,15H,7H2,1H3. The molecule has 0 aliphatic carbocycles. The molecule has 2 aromatic rings. The molecule has 1 aromatic carbocycles. The third-order valence-electron chi connectivity index (χ3n) is 2.32. The molecule has 1 heterocycles. The van der Waals surface area contributed by atoms with Crippen LogP contribution in [0, 0.1) is 6.92 Å². The van der Waals surface area contributed by atoms with Crippen molar-refractivity contribution < 1.29 is 4.42 Å². The topological polar surface area (TPSA) is 25.2 Å². The van der Waals surface area contributed by atoms with Gasteiger partial charge in [0, 0.05) is 10.2 Å². The van der Waals surface area contributed by atoms with Gasteiger partial charge in [0.25, 0.3) is 0 Å². The number of aryl methyl sites for hydroxylation is 1. The predicted octanol–water partition coefficient (Wildman–Crippen LogP) is 4.73. The normalized spacial score (nSPS) is 10.4. The second-order valence-electron chi connectivity index (χ2n) is 3.51. The third kappa shape index (κ3) is 2.68. The number of benzene rings is 1. The smallest absolute Gasteiger partial charge is 0.136 e. The van der Waals surface area contributed by atoms with Gasteiger partial charge in [-0.3, -0.25) is 0 Å². The van der Waals surface area contributed by atoms with E-state index in [2.05, 4.69) is 62.3 Å². The number of anilines is 1. The summed E-state index contributed by atoms with van der Waals surface area (Å²) in [4.78, 5) is 0. The van der Waals surface area contributed by atoms with Crippen molar-refractivity contribution in [1.82, 2.24) is 0 Å². The lowest BCUT2D eigenvalue weighted by molar-refractivity contribution is 0.516. The summed E-state index contributed by atoms with van der Waals surface area (Å²) in [5, 5.41) is 3.30. The number of furan rings is 1. The number of rotatable bonds is 3. The van der Waals surface area contributed by atoms with E-state index in [1.54, 1.807) is 6.26 Å². The predicted molar refractivity (Wildman–Crippen MR) is 72.6 cm³/mol. The maximum Gasteiger partial charge on any atom is 0.136 e. The molecular weight excluding hydrogens is 334 g/mol. The van der Waals surface area contributed by atoms with Crippen LogP contribution in [0.2, 0.25) is 0 Å². The first-order valence-electron chi connectivity index (χ1n) is 4.88. The van der Waals surface area contributed by atoms with Crippen molar-refractivity contribution in [3.8, 4) is 0 Å². The van der Waals surface area contributed by atoms with Gasteiger partial charge < -0.3 is 9.73 Å². The van der Waals surface area contributed by atoms with Gasteiger partial charge in [-0.2, -0.15) is 0 Å². The van der Waals surface area contributed by atoms with Crippen molar-refractivity contribution in [2.24, 2.45) is 0 Å². The SMILES string of the molecule is Cc1ccc(NCc2occc2Br)cc1Br. The van der Waals surface area contributed by atoms with Gasteiger partial charge in [-0.15, -0.1) is 0 Å². The third-order valence-corrected chi connectivity index (χ3v) is 3.88. The Labute approximate surface area is 111 Å². The fourth-order valence-electron chi connectivity index (χ4n) is 1.34. The first kappa shape index (κ1) is 11.7. The average molecular weight is 345 g/mol. The van der Waals surface area contributed by atoms with Crippen LogP contribution in [0.3, 0.4) is 0 Å². The molecule has 0 bridgehead atoms. The lowest BCUT2D eigenvalue weighted by Gasteiger charge is -2.06. The minimum atomic E-state index is 0.670. The van der Waals surface area contributed by atoms with E-state index in [4.69, 9.17) is 4.42 Å². The van der Waals surface area contributed by atoms with Crippen LogP contribution in [0.25, 0.3) is 0 Å². The van der Waals surface area contributed by atoms with Crippen molar-refractivity contribution in [3.63, 3.8) is 0 Å². The van der Waals surface area contributed by atoms with Crippen molar-refractivity contribution in [3.05, 3.63) is 50.8 Å². The van der Waals surface area contributed by atoms with Crippen LogP contribution in [0.15, 0.2) is 43.9 Å². The molecule has 0 amide bonds. The molecule has 2 rings (SSSR count). The van der Waals surface area contributed by atoms with Crippen molar-refractivity contribution in [2.45, 2.75) is 13.5 Å². The molecule has 4 heteroatoms. The summed E-state index contributed by atoms with van der Waals surface area (Å²) in [5.41, 5.74) is 2.30. The van der Waals surface area contributed by atoms with Crippen LogP contribution in [0.4, 0.5) is 5.69 Å². The minimum Gasteiger partial charge on any atom is -0.466 e. The Morgan fingerprint density at radius 2 is 2.00 bits per heavy atom. The summed E-state index contributed by atoms with van der Waals surface area (Å²) >= 11 is 6.93. The van der Waals surface area contributed by atoms with E-state index in [1.807, 2.05) is 6.07 Å². The van der Waals surface area contributed by atoms with Crippen molar-refractivity contribution >= 4 is 37.5 Å². The Hall–Kier alpha value is -0.740. The zero-order chi connectivity index (χ0) is 11.5. The van der Waals surface area contributed by atoms with Crippen LogP contribution in [-0.4, -0.2) is 0 Å². The number of hydrogen-bond donors (Lipinski definition) is 1. The number of halogens is 2. The fraction of sp³-hybridized carbons (Fsp3) is 0.167. The molecule has 0 spiro atoms. The first-order chi connectivity index (χ1) is 7.66. The Balaban J connectivity index is 2.05. The molecule has 0 unspecified atom stereocenters. The monoisotopic (exact) mass is 343 g/mol. The van der Waals surface area contributed by atoms with E-state index in [0.717, 1.165) is 20.4 Å². The van der Waals surface area contributed by atoms with Crippen LogP contribution < -0.4 is 5.32 Å². The molecule has 1 aromatic heterocycles. The van der Waals surface area contributed by atoms with Crippen LogP contribution in [0.1, 0.15) is 11.3 Å². The Morgan fingerprint density at radius 1 is 1.19 bits per heavy atom. The van der Waals surface area contributed by atoms with Crippen LogP contribution in [0.5, 0.6) is 0 Å². The van der Waals surface area contributed by atoms with Gasteiger partial charge in [0.1, 0.15) is 5.76 Å². The quantitative estimate of drug-likeness (QED) is 0.871. The molecule has 84 valence electrons. The van der Waals surface area contributed by atoms with Gasteiger partial charge in [-0.1, -0.05) is 22.0 Å². The molecule has 0 saturated carbocycles. The maximum absolute atomic E-state index is 5.32. The van der Waals surface area contributed by atoms with E-state index < -0.39 is 0 Å². The van der Waals surface area contributed by atoms with Gasteiger partial charge in [-0.25, -0.2) is 0 Å².